The number of carboxylic acids is 2. The Kier molecular flexibility index (Phi) is 14.7. The number of aliphatic hydroxyl groups excluding tert-OH is 2. The second-order valence-electron chi connectivity index (χ2n) is 8.47. The summed E-state index contributed by atoms with van der Waals surface area (Å²) in [7, 11) is 0. The third-order valence-electron chi connectivity index (χ3n) is 6.00. The highest BCUT2D eigenvalue weighted by Gasteiger charge is 2.24. The quantitative estimate of drug-likeness (QED) is 0.244. The summed E-state index contributed by atoms with van der Waals surface area (Å²) >= 11 is 0. The Labute approximate surface area is 180 Å². The zero-order chi connectivity index (χ0) is 22.2. The van der Waals surface area contributed by atoms with Crippen molar-refractivity contribution in [3.8, 4) is 0 Å². The molecule has 1 aliphatic rings. The molecule has 0 bridgehead atoms. The van der Waals surface area contributed by atoms with E-state index in [4.69, 9.17) is 10.2 Å². The predicted octanol–water partition coefficient (Wildman–Crippen LogP) is 2.18. The van der Waals surface area contributed by atoms with Gasteiger partial charge in [0.1, 0.15) is 0 Å². The van der Waals surface area contributed by atoms with E-state index in [-0.39, 0.29) is 25.6 Å². The number of hydrogen-bond donors (Lipinski definition) is 4. The SMILES string of the molecule is O=C(O)CCCCCN(CCCCCC(=O)O)CCN(CCO)C1CCC(O)CC1. The largest absolute Gasteiger partial charge is 0.481 e. The van der Waals surface area contributed by atoms with Crippen LogP contribution >= 0.6 is 0 Å². The lowest BCUT2D eigenvalue weighted by Crippen LogP contribution is -2.45. The molecule has 1 saturated carbocycles. The highest BCUT2D eigenvalue weighted by Crippen LogP contribution is 2.23. The Morgan fingerprint density at radius 1 is 0.700 bits per heavy atom. The molecule has 0 spiro atoms. The van der Waals surface area contributed by atoms with Gasteiger partial charge in [0.25, 0.3) is 0 Å². The molecule has 0 atom stereocenters. The van der Waals surface area contributed by atoms with Crippen molar-refractivity contribution in [1.29, 1.82) is 0 Å². The van der Waals surface area contributed by atoms with Gasteiger partial charge in [-0.25, -0.2) is 0 Å². The van der Waals surface area contributed by atoms with Crippen LogP contribution in [0.3, 0.4) is 0 Å². The van der Waals surface area contributed by atoms with Gasteiger partial charge in [-0.3, -0.25) is 14.5 Å². The number of carbonyl (C=O) groups is 2. The predicted molar refractivity (Wildman–Crippen MR) is 116 cm³/mol. The van der Waals surface area contributed by atoms with Crippen molar-refractivity contribution >= 4 is 11.9 Å². The fraction of sp³-hybridized carbons (Fsp3) is 0.909. The summed E-state index contributed by atoms with van der Waals surface area (Å²) in [4.78, 5) is 26.1. The summed E-state index contributed by atoms with van der Waals surface area (Å²) in [5.74, 6) is -1.50. The van der Waals surface area contributed by atoms with Gasteiger partial charge in [-0.2, -0.15) is 0 Å². The van der Waals surface area contributed by atoms with Crippen LogP contribution in [0.5, 0.6) is 0 Å². The Morgan fingerprint density at radius 2 is 1.23 bits per heavy atom. The maximum absolute atomic E-state index is 10.7. The van der Waals surface area contributed by atoms with Gasteiger partial charge in [0.15, 0.2) is 0 Å². The zero-order valence-electron chi connectivity index (χ0n) is 18.4. The molecule has 0 radical (unpaired) electrons. The average Bonchev–Trinajstić information content (AvgIpc) is 2.70. The van der Waals surface area contributed by atoms with Crippen LogP contribution in [0, 0.1) is 0 Å². The minimum atomic E-state index is -0.748. The first-order valence-electron chi connectivity index (χ1n) is 11.6. The topological polar surface area (TPSA) is 122 Å². The minimum absolute atomic E-state index is 0.128. The minimum Gasteiger partial charge on any atom is -0.481 e. The zero-order valence-corrected chi connectivity index (χ0v) is 18.4. The number of nitrogens with zero attached hydrogens (tertiary/aromatic N) is 2. The number of unbranched alkanes of at least 4 members (excludes halogenated alkanes) is 4. The Bertz CT molecular complexity index is 445. The number of carboxylic acid groups (broad SMARTS) is 2. The molecule has 0 saturated heterocycles. The van der Waals surface area contributed by atoms with Crippen LogP contribution in [0.1, 0.15) is 77.0 Å². The lowest BCUT2D eigenvalue weighted by Gasteiger charge is -2.36. The summed E-state index contributed by atoms with van der Waals surface area (Å²) in [6.45, 7) is 4.35. The van der Waals surface area contributed by atoms with Gasteiger partial charge in [0, 0.05) is 38.5 Å². The van der Waals surface area contributed by atoms with E-state index in [1.54, 1.807) is 0 Å². The van der Waals surface area contributed by atoms with E-state index in [1.807, 2.05) is 0 Å². The molecule has 0 unspecified atom stereocenters. The van der Waals surface area contributed by atoms with Crippen molar-refractivity contribution in [2.24, 2.45) is 0 Å². The third kappa shape index (κ3) is 13.2. The Hall–Kier alpha value is -1.22. The molecule has 1 rings (SSSR count). The van der Waals surface area contributed by atoms with E-state index in [0.29, 0.717) is 25.4 Å². The highest BCUT2D eigenvalue weighted by molar-refractivity contribution is 5.66. The molecule has 30 heavy (non-hydrogen) atoms. The van der Waals surface area contributed by atoms with Gasteiger partial charge in [0.2, 0.25) is 0 Å². The summed E-state index contributed by atoms with van der Waals surface area (Å²) < 4.78 is 0. The Balaban J connectivity index is 2.44. The van der Waals surface area contributed by atoms with E-state index in [2.05, 4.69) is 9.80 Å². The van der Waals surface area contributed by atoms with Crippen molar-refractivity contribution in [1.82, 2.24) is 9.80 Å². The first kappa shape index (κ1) is 26.8. The molecule has 0 aromatic carbocycles. The molecular weight excluding hydrogens is 388 g/mol. The summed E-state index contributed by atoms with van der Waals surface area (Å²) in [6, 6.07) is 0.411. The number of aliphatic carboxylic acids is 2. The fourth-order valence-electron chi connectivity index (χ4n) is 4.21. The van der Waals surface area contributed by atoms with Gasteiger partial charge in [-0.05, 0) is 64.5 Å². The van der Waals surface area contributed by atoms with E-state index < -0.39 is 11.9 Å². The summed E-state index contributed by atoms with van der Waals surface area (Å²) in [6.07, 6.45) is 8.90. The standard InChI is InChI=1S/C22H42N2O6/c25-18-17-24(19-9-11-20(26)12-10-19)16-15-23(13-5-1-3-7-21(27)28)14-6-2-4-8-22(29)30/h19-20,25-26H,1-18H2,(H,27,28)(H,29,30). The molecule has 0 aromatic heterocycles. The molecule has 176 valence electrons. The smallest absolute Gasteiger partial charge is 0.303 e. The summed E-state index contributed by atoms with van der Waals surface area (Å²) in [5, 5.41) is 36.8. The highest BCUT2D eigenvalue weighted by atomic mass is 16.4. The van der Waals surface area contributed by atoms with Crippen molar-refractivity contribution in [3.05, 3.63) is 0 Å². The molecule has 0 aromatic rings. The first-order chi connectivity index (χ1) is 14.4. The number of rotatable bonds is 18. The van der Waals surface area contributed by atoms with Crippen LogP contribution in [0.4, 0.5) is 0 Å². The molecular formula is C22H42N2O6. The van der Waals surface area contributed by atoms with E-state index in [1.165, 1.54) is 0 Å². The van der Waals surface area contributed by atoms with E-state index in [9.17, 15) is 19.8 Å². The lowest BCUT2D eigenvalue weighted by molar-refractivity contribution is -0.138. The summed E-state index contributed by atoms with van der Waals surface area (Å²) in [5.41, 5.74) is 0. The van der Waals surface area contributed by atoms with Crippen LogP contribution < -0.4 is 0 Å². The first-order valence-corrected chi connectivity index (χ1v) is 11.6. The van der Waals surface area contributed by atoms with Gasteiger partial charge in [-0.1, -0.05) is 12.8 Å². The molecule has 0 heterocycles. The molecule has 0 aliphatic heterocycles. The van der Waals surface area contributed by atoms with E-state index >= 15 is 0 Å². The van der Waals surface area contributed by atoms with Crippen LogP contribution in [0.2, 0.25) is 0 Å². The maximum atomic E-state index is 10.7. The Morgan fingerprint density at radius 3 is 1.70 bits per heavy atom. The third-order valence-corrected chi connectivity index (χ3v) is 6.00. The van der Waals surface area contributed by atoms with Crippen LogP contribution in [-0.2, 0) is 9.59 Å². The molecule has 1 fully saturated rings. The van der Waals surface area contributed by atoms with Crippen molar-refractivity contribution in [3.63, 3.8) is 0 Å². The number of aliphatic hydroxyl groups is 2. The lowest BCUT2D eigenvalue weighted by atomic mass is 9.92. The maximum Gasteiger partial charge on any atom is 0.303 e. The second kappa shape index (κ2) is 16.5. The van der Waals surface area contributed by atoms with Gasteiger partial charge < -0.3 is 25.3 Å². The van der Waals surface area contributed by atoms with Crippen molar-refractivity contribution < 1.29 is 30.0 Å². The van der Waals surface area contributed by atoms with Crippen LogP contribution in [0.25, 0.3) is 0 Å². The molecule has 4 N–H and O–H groups in total. The van der Waals surface area contributed by atoms with Crippen molar-refractivity contribution in [2.75, 3.05) is 39.3 Å². The fourth-order valence-corrected chi connectivity index (χ4v) is 4.21. The van der Waals surface area contributed by atoms with Crippen LogP contribution in [0.15, 0.2) is 0 Å². The monoisotopic (exact) mass is 430 g/mol. The van der Waals surface area contributed by atoms with E-state index in [0.717, 1.165) is 77.5 Å². The molecule has 0 amide bonds. The molecule has 1 aliphatic carbocycles. The second-order valence-corrected chi connectivity index (χ2v) is 8.47. The van der Waals surface area contributed by atoms with Crippen LogP contribution in [-0.4, -0.2) is 93.6 Å². The normalized spacial score (nSPS) is 19.5. The number of hydrogen-bond acceptors (Lipinski definition) is 6. The average molecular weight is 431 g/mol. The van der Waals surface area contributed by atoms with Gasteiger partial charge >= 0.3 is 11.9 Å². The van der Waals surface area contributed by atoms with Gasteiger partial charge in [0.05, 0.1) is 12.7 Å². The van der Waals surface area contributed by atoms with Crippen molar-refractivity contribution in [2.45, 2.75) is 89.2 Å². The molecule has 8 heteroatoms. The molecule has 8 nitrogen and oxygen atoms in total. The van der Waals surface area contributed by atoms with Gasteiger partial charge in [-0.15, -0.1) is 0 Å².